The number of hydrogen-bond donors (Lipinski definition) is 2. The molecule has 1 fully saturated rings. The molecule has 200 valence electrons. The summed E-state index contributed by atoms with van der Waals surface area (Å²) in [7, 11) is -3.44. The van der Waals surface area contributed by atoms with E-state index in [1.54, 1.807) is 30.5 Å². The largest absolute Gasteiger partial charge is 0.491 e. The number of benzene rings is 2. The van der Waals surface area contributed by atoms with Gasteiger partial charge in [-0.2, -0.15) is 0 Å². The summed E-state index contributed by atoms with van der Waals surface area (Å²) in [6.45, 7) is 5.61. The summed E-state index contributed by atoms with van der Waals surface area (Å²) in [4.78, 5) is 16.5. The molecule has 0 spiro atoms. The number of fused-ring (bicyclic) bond motifs is 1. The van der Waals surface area contributed by atoms with E-state index in [-0.39, 0.29) is 17.1 Å². The summed E-state index contributed by atoms with van der Waals surface area (Å²) < 4.78 is 30.9. The van der Waals surface area contributed by atoms with Gasteiger partial charge in [-0.15, -0.1) is 0 Å². The predicted molar refractivity (Wildman–Crippen MR) is 149 cm³/mol. The molecule has 1 saturated heterocycles. The number of rotatable bonds is 8. The fourth-order valence-electron chi connectivity index (χ4n) is 4.78. The van der Waals surface area contributed by atoms with Gasteiger partial charge in [-0.3, -0.25) is 4.99 Å². The van der Waals surface area contributed by atoms with Crippen LogP contribution in [0.4, 0.5) is 22.9 Å². The molecule has 2 N–H and O–H groups in total. The summed E-state index contributed by atoms with van der Waals surface area (Å²) >= 11 is 0. The van der Waals surface area contributed by atoms with Crippen molar-refractivity contribution in [3.63, 3.8) is 0 Å². The van der Waals surface area contributed by atoms with Gasteiger partial charge in [-0.25, -0.2) is 18.4 Å². The second-order valence-corrected chi connectivity index (χ2v) is 12.0. The van der Waals surface area contributed by atoms with Crippen LogP contribution >= 0.6 is 0 Å². The lowest BCUT2D eigenvalue weighted by molar-refractivity contribution is 0.145. The summed E-state index contributed by atoms with van der Waals surface area (Å²) in [6, 6.07) is 13.0. The Hall–Kier alpha value is -3.50. The number of aliphatic imine (C=N–C) groups is 1. The molecule has 0 amide bonds. The van der Waals surface area contributed by atoms with Gasteiger partial charge >= 0.3 is 0 Å². The molecule has 5 rings (SSSR count). The number of piperidine rings is 1. The van der Waals surface area contributed by atoms with Crippen LogP contribution in [0.1, 0.15) is 43.8 Å². The third-order valence-electron chi connectivity index (χ3n) is 6.64. The Morgan fingerprint density at radius 1 is 1.13 bits per heavy atom. The highest BCUT2D eigenvalue weighted by Gasteiger charge is 2.22. The van der Waals surface area contributed by atoms with Crippen molar-refractivity contribution in [2.45, 2.75) is 56.6 Å². The van der Waals surface area contributed by atoms with E-state index in [4.69, 9.17) is 14.7 Å². The van der Waals surface area contributed by atoms with Crippen molar-refractivity contribution in [2.24, 2.45) is 4.99 Å². The van der Waals surface area contributed by atoms with Crippen LogP contribution in [-0.2, 0) is 22.7 Å². The second kappa shape index (κ2) is 10.7. The fourth-order valence-corrected chi connectivity index (χ4v) is 5.63. The Kier molecular flexibility index (Phi) is 7.36. The molecule has 0 radical (unpaired) electrons. The molecule has 38 heavy (non-hydrogen) atoms. The molecule has 10 heteroatoms. The van der Waals surface area contributed by atoms with Crippen molar-refractivity contribution in [1.29, 1.82) is 0 Å². The number of sulfone groups is 1. The number of para-hydroxylation sites is 1. The summed E-state index contributed by atoms with van der Waals surface area (Å²) in [5.41, 5.74) is 3.89. The Morgan fingerprint density at radius 3 is 2.63 bits per heavy atom. The van der Waals surface area contributed by atoms with Crippen LogP contribution in [0.2, 0.25) is 0 Å². The van der Waals surface area contributed by atoms with E-state index in [0.717, 1.165) is 48.6 Å². The predicted octanol–water partition coefficient (Wildman–Crippen LogP) is 4.22. The van der Waals surface area contributed by atoms with Gasteiger partial charge in [0.05, 0.1) is 28.5 Å². The molecule has 2 aromatic carbocycles. The molecule has 9 nitrogen and oxygen atoms in total. The normalized spacial score (nSPS) is 15.7. The quantitative estimate of drug-likeness (QED) is 0.440. The monoisotopic (exact) mass is 535 g/mol. The first-order valence-corrected chi connectivity index (χ1v) is 14.8. The van der Waals surface area contributed by atoms with Crippen molar-refractivity contribution < 1.29 is 18.3 Å². The molecule has 0 saturated carbocycles. The molecular weight excluding hydrogens is 502 g/mol. The van der Waals surface area contributed by atoms with Crippen LogP contribution in [0.5, 0.6) is 5.75 Å². The Morgan fingerprint density at radius 2 is 1.89 bits per heavy atom. The highest BCUT2D eigenvalue weighted by atomic mass is 32.2. The number of anilines is 3. The molecule has 3 aromatic rings. The van der Waals surface area contributed by atoms with Gasteiger partial charge in [0.2, 0.25) is 0 Å². The van der Waals surface area contributed by atoms with Gasteiger partial charge < -0.3 is 20.1 Å². The smallest absolute Gasteiger partial charge is 0.177 e. The maximum absolute atomic E-state index is 12.3. The molecule has 0 atom stereocenters. The van der Waals surface area contributed by atoms with E-state index in [1.165, 1.54) is 6.26 Å². The maximum Gasteiger partial charge on any atom is 0.177 e. The number of aliphatic hydroxyl groups excluding tert-OH is 1. The first kappa shape index (κ1) is 26.1. The summed E-state index contributed by atoms with van der Waals surface area (Å²) in [5, 5.41) is 13.1. The van der Waals surface area contributed by atoms with Crippen molar-refractivity contribution in [3.8, 4) is 5.75 Å². The van der Waals surface area contributed by atoms with Gasteiger partial charge in [-0.1, -0.05) is 18.2 Å². The number of nitrogens with zero attached hydrogens (tertiary/aromatic N) is 4. The van der Waals surface area contributed by atoms with Gasteiger partial charge in [0, 0.05) is 55.7 Å². The number of aromatic nitrogens is 2. The highest BCUT2D eigenvalue weighted by Crippen LogP contribution is 2.35. The molecule has 0 unspecified atom stereocenters. The number of ether oxygens (including phenoxy) is 1. The number of aliphatic hydroxyl groups is 1. The standard InChI is InChI=1S/C28H33N5O4S/c1-18(2)37-24-17-20(33-14-11-21(34)12-15-33)9-8-19(24)16-26-30-23-10-13-29-27(23)28(32-26)31-22-6-4-5-7-25(22)38(3,35)36/h4-9,13,17-18,21,34H,10-12,14-16H2,1-3H3,(H,30,31,32). The lowest BCUT2D eigenvalue weighted by Gasteiger charge is -2.32. The van der Waals surface area contributed by atoms with E-state index in [9.17, 15) is 13.5 Å². The lowest BCUT2D eigenvalue weighted by Crippen LogP contribution is -2.35. The van der Waals surface area contributed by atoms with Crippen LogP contribution in [0.25, 0.3) is 0 Å². The Labute approximate surface area is 223 Å². The number of hydrogen-bond acceptors (Lipinski definition) is 9. The maximum atomic E-state index is 12.3. The van der Waals surface area contributed by atoms with Crippen molar-refractivity contribution in [2.75, 3.05) is 29.6 Å². The molecule has 3 heterocycles. The first-order chi connectivity index (χ1) is 18.2. The van der Waals surface area contributed by atoms with E-state index >= 15 is 0 Å². The zero-order valence-corrected chi connectivity index (χ0v) is 22.7. The van der Waals surface area contributed by atoms with Crippen LogP contribution in [0.3, 0.4) is 0 Å². The minimum absolute atomic E-state index is 0.00811. The molecule has 0 bridgehead atoms. The van der Waals surface area contributed by atoms with Gasteiger partial charge in [0.15, 0.2) is 15.7 Å². The minimum atomic E-state index is -3.44. The van der Waals surface area contributed by atoms with E-state index in [0.29, 0.717) is 35.9 Å². The van der Waals surface area contributed by atoms with Gasteiger partial charge in [-0.05, 0) is 44.9 Å². The minimum Gasteiger partial charge on any atom is -0.491 e. The molecule has 1 aromatic heterocycles. The zero-order valence-electron chi connectivity index (χ0n) is 21.9. The summed E-state index contributed by atoms with van der Waals surface area (Å²) in [5.74, 6) is 1.85. The van der Waals surface area contributed by atoms with E-state index < -0.39 is 9.84 Å². The lowest BCUT2D eigenvalue weighted by atomic mass is 10.0. The fraction of sp³-hybridized carbons (Fsp3) is 0.393. The average molecular weight is 536 g/mol. The van der Waals surface area contributed by atoms with Crippen LogP contribution in [0.15, 0.2) is 52.4 Å². The Bertz CT molecular complexity index is 1460. The van der Waals surface area contributed by atoms with Crippen LogP contribution < -0.4 is 15.0 Å². The second-order valence-electron chi connectivity index (χ2n) is 10.0. The highest BCUT2D eigenvalue weighted by molar-refractivity contribution is 7.90. The molecule has 2 aliphatic heterocycles. The van der Waals surface area contributed by atoms with Crippen LogP contribution in [-0.4, -0.2) is 61.3 Å². The number of nitrogens with one attached hydrogen (secondary N) is 1. The Balaban J connectivity index is 1.47. The van der Waals surface area contributed by atoms with Gasteiger partial charge in [0.25, 0.3) is 0 Å². The third-order valence-corrected chi connectivity index (χ3v) is 7.79. The molecule has 0 aliphatic carbocycles. The topological polar surface area (TPSA) is 117 Å². The van der Waals surface area contributed by atoms with Crippen molar-refractivity contribution >= 4 is 38.9 Å². The van der Waals surface area contributed by atoms with Crippen molar-refractivity contribution in [3.05, 3.63) is 59.5 Å². The first-order valence-electron chi connectivity index (χ1n) is 12.9. The third kappa shape index (κ3) is 5.81. The molecular formula is C28H33N5O4S. The molecule has 2 aliphatic rings. The van der Waals surface area contributed by atoms with E-state index in [2.05, 4.69) is 33.4 Å². The average Bonchev–Trinajstić information content (AvgIpc) is 3.34. The van der Waals surface area contributed by atoms with Gasteiger partial charge in [0.1, 0.15) is 17.3 Å². The SMILES string of the molecule is CC(C)Oc1cc(N2CCC(O)CC2)ccc1Cc1nc2c(c(Nc3ccccc3S(C)(=O)=O)n1)N=CC2. The van der Waals surface area contributed by atoms with Crippen LogP contribution in [0, 0.1) is 0 Å². The summed E-state index contributed by atoms with van der Waals surface area (Å²) in [6.07, 6.45) is 5.27. The van der Waals surface area contributed by atoms with E-state index in [1.807, 2.05) is 13.8 Å². The zero-order chi connectivity index (χ0) is 26.9. The van der Waals surface area contributed by atoms with Crippen molar-refractivity contribution in [1.82, 2.24) is 9.97 Å².